The molecular weight excluding hydrogens is 155 g/mol. The largest absolute Gasteiger partial charge is 1.00 e. The first-order valence-electron chi connectivity index (χ1n) is 2.81. The molecule has 1 rings (SSSR count). The van der Waals surface area contributed by atoms with Gasteiger partial charge in [-0.3, -0.25) is 0 Å². The van der Waals surface area contributed by atoms with Crippen molar-refractivity contribution in [3.05, 3.63) is 18.1 Å². The maximum Gasteiger partial charge on any atom is 1.00 e. The third kappa shape index (κ3) is 2.22. The van der Waals surface area contributed by atoms with E-state index in [1.54, 1.807) is 0 Å². The Balaban J connectivity index is 0.00000121. The molecule has 0 aromatic carbocycles. The zero-order valence-electron chi connectivity index (χ0n) is 6.77. The van der Waals surface area contributed by atoms with Crippen molar-refractivity contribution in [3.8, 4) is 5.88 Å². The van der Waals surface area contributed by atoms with E-state index in [4.69, 9.17) is 0 Å². The SMILES string of the molecule is COc1ncncc1C(=O)[O-].[Li+]. The number of hydrogen-bond acceptors (Lipinski definition) is 5. The van der Waals surface area contributed by atoms with Gasteiger partial charge in [0.15, 0.2) is 0 Å². The molecule has 0 spiro atoms. The molecule has 0 aliphatic carbocycles. The van der Waals surface area contributed by atoms with Crippen molar-refractivity contribution in [1.29, 1.82) is 0 Å². The summed E-state index contributed by atoms with van der Waals surface area (Å²) in [4.78, 5) is 17.4. The average Bonchev–Trinajstić information content (AvgIpc) is 2.04. The second kappa shape index (κ2) is 4.75. The second-order valence-corrected chi connectivity index (χ2v) is 1.73. The maximum absolute atomic E-state index is 10.3. The molecule has 0 bridgehead atoms. The van der Waals surface area contributed by atoms with Crippen molar-refractivity contribution < 1.29 is 33.5 Å². The fourth-order valence-electron chi connectivity index (χ4n) is 0.621. The summed E-state index contributed by atoms with van der Waals surface area (Å²) < 4.78 is 4.63. The van der Waals surface area contributed by atoms with Crippen LogP contribution >= 0.6 is 0 Å². The molecule has 0 aliphatic heterocycles. The Morgan fingerprint density at radius 1 is 1.67 bits per heavy atom. The molecule has 0 aliphatic rings. The Morgan fingerprint density at radius 2 is 2.33 bits per heavy atom. The molecular formula is C6H5LiN2O3. The first-order valence-corrected chi connectivity index (χ1v) is 2.81. The molecule has 58 valence electrons. The molecule has 1 aromatic heterocycles. The third-order valence-corrected chi connectivity index (χ3v) is 1.09. The Labute approximate surface area is 81.0 Å². The summed E-state index contributed by atoms with van der Waals surface area (Å²) in [5.74, 6) is -1.33. The summed E-state index contributed by atoms with van der Waals surface area (Å²) in [6, 6.07) is 0. The third-order valence-electron chi connectivity index (χ3n) is 1.09. The average molecular weight is 160 g/mol. The van der Waals surface area contributed by atoms with Crippen LogP contribution in [0, 0.1) is 0 Å². The van der Waals surface area contributed by atoms with Gasteiger partial charge in [0.2, 0.25) is 5.88 Å². The van der Waals surface area contributed by atoms with Gasteiger partial charge in [0, 0.05) is 6.20 Å². The molecule has 0 unspecified atom stereocenters. The van der Waals surface area contributed by atoms with Crippen LogP contribution < -0.4 is 28.7 Å². The van der Waals surface area contributed by atoms with E-state index >= 15 is 0 Å². The number of aromatic carboxylic acids is 1. The minimum atomic E-state index is -1.34. The Kier molecular flexibility index (Phi) is 4.33. The molecule has 0 fully saturated rings. The van der Waals surface area contributed by atoms with Gasteiger partial charge in [-0.05, 0) is 0 Å². The second-order valence-electron chi connectivity index (χ2n) is 1.73. The minimum absolute atomic E-state index is 0. The molecule has 0 atom stereocenters. The van der Waals surface area contributed by atoms with Crippen LogP contribution in [0.2, 0.25) is 0 Å². The fraction of sp³-hybridized carbons (Fsp3) is 0.167. The molecule has 0 radical (unpaired) electrons. The van der Waals surface area contributed by atoms with E-state index in [2.05, 4.69) is 14.7 Å². The van der Waals surface area contributed by atoms with E-state index in [-0.39, 0.29) is 30.3 Å². The van der Waals surface area contributed by atoms with Crippen molar-refractivity contribution >= 4 is 5.97 Å². The summed E-state index contributed by atoms with van der Waals surface area (Å²) in [6.45, 7) is 0. The number of ether oxygens (including phenoxy) is 1. The van der Waals surface area contributed by atoms with E-state index in [1.165, 1.54) is 13.4 Å². The molecule has 5 nitrogen and oxygen atoms in total. The number of hydrogen-bond donors (Lipinski definition) is 0. The number of carbonyl (C=O) groups is 1. The van der Waals surface area contributed by atoms with Gasteiger partial charge in [-0.15, -0.1) is 0 Å². The summed E-state index contributed by atoms with van der Waals surface area (Å²) in [5, 5.41) is 10.3. The van der Waals surface area contributed by atoms with Gasteiger partial charge >= 0.3 is 18.9 Å². The van der Waals surface area contributed by atoms with Crippen LogP contribution in [-0.2, 0) is 0 Å². The molecule has 0 amide bonds. The first kappa shape index (κ1) is 10.9. The standard InChI is InChI=1S/C6H6N2O3.Li/c1-11-5-4(6(9)10)2-7-3-8-5;/h2-3H,1H3,(H,9,10);/q;+1/p-1. The van der Waals surface area contributed by atoms with E-state index in [0.717, 1.165) is 6.20 Å². The summed E-state index contributed by atoms with van der Waals surface area (Å²) >= 11 is 0. The zero-order valence-corrected chi connectivity index (χ0v) is 6.77. The molecule has 0 saturated carbocycles. The Bertz CT molecular complexity index is 279. The molecule has 6 heteroatoms. The number of aromatic nitrogens is 2. The summed E-state index contributed by atoms with van der Waals surface area (Å²) in [6.07, 6.45) is 2.33. The van der Waals surface area contributed by atoms with Crippen LogP contribution in [0.4, 0.5) is 0 Å². The van der Waals surface area contributed by atoms with E-state index in [1.807, 2.05) is 0 Å². The predicted molar refractivity (Wildman–Crippen MR) is 32.9 cm³/mol. The zero-order chi connectivity index (χ0) is 8.27. The maximum atomic E-state index is 10.3. The molecule has 1 heterocycles. The van der Waals surface area contributed by atoms with Crippen molar-refractivity contribution in [1.82, 2.24) is 9.97 Å². The number of rotatable bonds is 2. The van der Waals surface area contributed by atoms with Gasteiger partial charge in [0.25, 0.3) is 0 Å². The van der Waals surface area contributed by atoms with Gasteiger partial charge in [0.05, 0.1) is 18.6 Å². The fourth-order valence-corrected chi connectivity index (χ4v) is 0.621. The summed E-state index contributed by atoms with van der Waals surface area (Å²) in [7, 11) is 1.33. The Morgan fingerprint density at radius 3 is 2.75 bits per heavy atom. The first-order chi connectivity index (χ1) is 5.25. The quantitative estimate of drug-likeness (QED) is 0.410. The molecule has 0 saturated heterocycles. The Hall–Kier alpha value is -1.05. The monoisotopic (exact) mass is 160 g/mol. The van der Waals surface area contributed by atoms with Crippen molar-refractivity contribution in [2.75, 3.05) is 7.11 Å². The number of carbonyl (C=O) groups excluding carboxylic acids is 1. The van der Waals surface area contributed by atoms with Crippen LogP contribution in [-0.4, -0.2) is 23.0 Å². The smallest absolute Gasteiger partial charge is 0.545 e. The van der Waals surface area contributed by atoms with Crippen LogP contribution in [0.15, 0.2) is 12.5 Å². The number of carboxylic acids is 1. The van der Waals surface area contributed by atoms with Gasteiger partial charge in [0.1, 0.15) is 6.33 Å². The van der Waals surface area contributed by atoms with Gasteiger partial charge in [-0.25, -0.2) is 9.97 Å². The van der Waals surface area contributed by atoms with Gasteiger partial charge < -0.3 is 14.6 Å². The number of nitrogens with zero attached hydrogens (tertiary/aromatic N) is 2. The number of methoxy groups -OCH3 is 1. The topological polar surface area (TPSA) is 75.1 Å². The molecule has 1 aromatic rings. The predicted octanol–water partition coefficient (Wildman–Crippen LogP) is -4.15. The molecule has 0 N–H and O–H groups in total. The normalized spacial score (nSPS) is 8.42. The minimum Gasteiger partial charge on any atom is -0.545 e. The molecule has 12 heavy (non-hydrogen) atoms. The van der Waals surface area contributed by atoms with Crippen molar-refractivity contribution in [2.24, 2.45) is 0 Å². The van der Waals surface area contributed by atoms with Crippen LogP contribution in [0.1, 0.15) is 10.4 Å². The van der Waals surface area contributed by atoms with E-state index in [0.29, 0.717) is 0 Å². The van der Waals surface area contributed by atoms with Crippen molar-refractivity contribution in [3.63, 3.8) is 0 Å². The summed E-state index contributed by atoms with van der Waals surface area (Å²) in [5.41, 5.74) is -0.144. The van der Waals surface area contributed by atoms with Gasteiger partial charge in [-0.1, -0.05) is 0 Å². The van der Waals surface area contributed by atoms with E-state index in [9.17, 15) is 9.90 Å². The van der Waals surface area contributed by atoms with Crippen molar-refractivity contribution in [2.45, 2.75) is 0 Å². The van der Waals surface area contributed by atoms with E-state index < -0.39 is 5.97 Å². The van der Waals surface area contributed by atoms with Crippen LogP contribution in [0.5, 0.6) is 5.88 Å². The van der Waals surface area contributed by atoms with Crippen LogP contribution in [0.25, 0.3) is 0 Å². The van der Waals surface area contributed by atoms with Gasteiger partial charge in [-0.2, -0.15) is 0 Å². The number of carboxylic acid groups (broad SMARTS) is 1. The van der Waals surface area contributed by atoms with Crippen LogP contribution in [0.3, 0.4) is 0 Å².